The van der Waals surface area contributed by atoms with Crippen molar-refractivity contribution in [1.29, 1.82) is 5.41 Å². The molecule has 1 aliphatic heterocycles. The van der Waals surface area contributed by atoms with E-state index in [0.717, 1.165) is 38.2 Å². The molecule has 0 amide bonds. The van der Waals surface area contributed by atoms with Gasteiger partial charge in [-0.3, -0.25) is 4.90 Å². The number of nitrogens with one attached hydrogen (secondary N) is 2. The van der Waals surface area contributed by atoms with Crippen LogP contribution in [-0.2, 0) is 4.74 Å². The van der Waals surface area contributed by atoms with Crippen LogP contribution >= 0.6 is 0 Å². The van der Waals surface area contributed by atoms with Crippen molar-refractivity contribution in [2.24, 2.45) is 0 Å². The van der Waals surface area contributed by atoms with Gasteiger partial charge in [-0.1, -0.05) is 0 Å². The monoisotopic (exact) mass is 239 g/mol. The number of ether oxygens (including phenoxy) is 1. The number of rotatable bonds is 7. The molecule has 0 bridgehead atoms. The Labute approximate surface area is 105 Å². The summed E-state index contributed by atoms with van der Waals surface area (Å²) in [6.07, 6.45) is 3.05. The van der Waals surface area contributed by atoms with Gasteiger partial charge >= 0.3 is 0 Å². The standard InChI is InChI=1S/C13H25N3O/c1-11(12(2)14)8-15-6-5-7-16-9-13(3,10-16)17-4/h8,14-15H,5-7,9-10H2,1-4H3/b11-8-,14-12?. The third kappa shape index (κ3) is 4.48. The summed E-state index contributed by atoms with van der Waals surface area (Å²) in [6.45, 7) is 10.1. The van der Waals surface area contributed by atoms with Gasteiger partial charge in [0.1, 0.15) is 0 Å². The van der Waals surface area contributed by atoms with Crippen molar-refractivity contribution in [2.45, 2.75) is 32.8 Å². The molecule has 0 atom stereocenters. The smallest absolute Gasteiger partial charge is 0.0903 e. The van der Waals surface area contributed by atoms with Gasteiger partial charge in [-0.2, -0.15) is 0 Å². The second-order valence-electron chi connectivity index (χ2n) is 5.12. The highest BCUT2D eigenvalue weighted by Gasteiger charge is 2.37. The Bertz CT molecular complexity index is 293. The summed E-state index contributed by atoms with van der Waals surface area (Å²) in [7, 11) is 1.78. The molecular weight excluding hydrogens is 214 g/mol. The minimum atomic E-state index is 0.0845. The number of hydrogen-bond acceptors (Lipinski definition) is 4. The number of hydrogen-bond donors (Lipinski definition) is 2. The molecule has 98 valence electrons. The first-order chi connectivity index (χ1) is 7.97. The van der Waals surface area contributed by atoms with E-state index in [9.17, 15) is 0 Å². The van der Waals surface area contributed by atoms with Crippen LogP contribution < -0.4 is 5.32 Å². The Morgan fingerprint density at radius 3 is 2.65 bits per heavy atom. The Kier molecular flexibility index (Phi) is 5.15. The van der Waals surface area contributed by atoms with E-state index >= 15 is 0 Å². The lowest BCUT2D eigenvalue weighted by Crippen LogP contribution is -2.61. The van der Waals surface area contributed by atoms with Gasteiger partial charge in [0.15, 0.2) is 0 Å². The predicted molar refractivity (Wildman–Crippen MR) is 71.6 cm³/mol. The number of nitrogens with zero attached hydrogens (tertiary/aromatic N) is 1. The summed E-state index contributed by atoms with van der Waals surface area (Å²) in [5.41, 5.74) is 1.71. The molecule has 1 rings (SSSR count). The van der Waals surface area contributed by atoms with Crippen molar-refractivity contribution in [3.8, 4) is 0 Å². The third-order valence-corrected chi connectivity index (χ3v) is 3.31. The number of allylic oxidation sites excluding steroid dienone is 1. The summed E-state index contributed by atoms with van der Waals surface area (Å²) in [4.78, 5) is 2.41. The van der Waals surface area contributed by atoms with Crippen molar-refractivity contribution in [2.75, 3.05) is 33.3 Å². The molecule has 4 nitrogen and oxygen atoms in total. The fourth-order valence-corrected chi connectivity index (χ4v) is 1.93. The topological polar surface area (TPSA) is 48.4 Å². The molecule has 4 heteroatoms. The maximum atomic E-state index is 7.42. The highest BCUT2D eigenvalue weighted by Crippen LogP contribution is 2.23. The summed E-state index contributed by atoms with van der Waals surface area (Å²) in [5, 5.41) is 10.7. The molecule has 0 aromatic heterocycles. The molecule has 0 unspecified atom stereocenters. The minimum absolute atomic E-state index is 0.0845. The van der Waals surface area contributed by atoms with Crippen molar-refractivity contribution >= 4 is 5.71 Å². The zero-order chi connectivity index (χ0) is 12.9. The van der Waals surface area contributed by atoms with E-state index in [0.29, 0.717) is 5.71 Å². The van der Waals surface area contributed by atoms with E-state index in [4.69, 9.17) is 10.1 Å². The Morgan fingerprint density at radius 2 is 2.12 bits per heavy atom. The SMILES string of the molecule is COC1(C)CN(CCCN/C=C(/C)C(C)=N)C1. The van der Waals surface area contributed by atoms with Crippen LogP contribution in [0.2, 0.25) is 0 Å². The van der Waals surface area contributed by atoms with Gasteiger partial charge in [0.2, 0.25) is 0 Å². The number of methoxy groups -OCH3 is 1. The van der Waals surface area contributed by atoms with Crippen LogP contribution in [0, 0.1) is 5.41 Å². The highest BCUT2D eigenvalue weighted by molar-refractivity contribution is 5.94. The molecule has 0 aromatic rings. The van der Waals surface area contributed by atoms with Gasteiger partial charge in [0.25, 0.3) is 0 Å². The quantitative estimate of drug-likeness (QED) is 0.524. The first-order valence-corrected chi connectivity index (χ1v) is 6.20. The minimum Gasteiger partial charge on any atom is -0.391 e. The van der Waals surface area contributed by atoms with Gasteiger partial charge in [0, 0.05) is 45.2 Å². The zero-order valence-electron chi connectivity index (χ0n) is 11.5. The van der Waals surface area contributed by atoms with Gasteiger partial charge < -0.3 is 15.5 Å². The lowest BCUT2D eigenvalue weighted by Gasteiger charge is -2.47. The van der Waals surface area contributed by atoms with E-state index in [1.165, 1.54) is 0 Å². The molecule has 1 aliphatic rings. The second kappa shape index (κ2) is 6.17. The Hall–Kier alpha value is -0.870. The maximum Gasteiger partial charge on any atom is 0.0903 e. The van der Waals surface area contributed by atoms with E-state index in [1.54, 1.807) is 14.0 Å². The molecule has 0 spiro atoms. The van der Waals surface area contributed by atoms with E-state index < -0.39 is 0 Å². The molecule has 2 N–H and O–H groups in total. The first-order valence-electron chi connectivity index (χ1n) is 6.20. The Morgan fingerprint density at radius 1 is 1.47 bits per heavy atom. The molecule has 17 heavy (non-hydrogen) atoms. The molecule has 1 fully saturated rings. The summed E-state index contributed by atoms with van der Waals surface area (Å²) >= 11 is 0. The number of likely N-dealkylation sites (tertiary alicyclic amines) is 1. The average Bonchev–Trinajstić information content (AvgIpc) is 2.25. The van der Waals surface area contributed by atoms with Gasteiger partial charge in [-0.05, 0) is 32.8 Å². The molecule has 0 aliphatic carbocycles. The predicted octanol–water partition coefficient (Wildman–Crippen LogP) is 1.63. The van der Waals surface area contributed by atoms with Crippen LogP contribution in [0.25, 0.3) is 0 Å². The van der Waals surface area contributed by atoms with Crippen LogP contribution in [0.4, 0.5) is 0 Å². The van der Waals surface area contributed by atoms with E-state index in [2.05, 4.69) is 17.1 Å². The van der Waals surface area contributed by atoms with Gasteiger partial charge in [0.05, 0.1) is 5.60 Å². The largest absolute Gasteiger partial charge is 0.391 e. The highest BCUT2D eigenvalue weighted by atomic mass is 16.5. The van der Waals surface area contributed by atoms with E-state index in [1.807, 2.05) is 13.1 Å². The van der Waals surface area contributed by atoms with Crippen molar-refractivity contribution in [3.63, 3.8) is 0 Å². The molecule has 1 saturated heterocycles. The summed E-state index contributed by atoms with van der Waals surface area (Å²) in [5.74, 6) is 0. The second-order valence-corrected chi connectivity index (χ2v) is 5.12. The van der Waals surface area contributed by atoms with Gasteiger partial charge in [-0.25, -0.2) is 0 Å². The summed E-state index contributed by atoms with van der Waals surface area (Å²) < 4.78 is 5.40. The fraction of sp³-hybridized carbons (Fsp3) is 0.769. The van der Waals surface area contributed by atoms with E-state index in [-0.39, 0.29) is 5.60 Å². The average molecular weight is 239 g/mol. The lowest BCUT2D eigenvalue weighted by atomic mass is 9.96. The first kappa shape index (κ1) is 14.2. The molecule has 0 radical (unpaired) electrons. The van der Waals surface area contributed by atoms with Crippen LogP contribution in [0.1, 0.15) is 27.2 Å². The van der Waals surface area contributed by atoms with Gasteiger partial charge in [-0.15, -0.1) is 0 Å². The fourth-order valence-electron chi connectivity index (χ4n) is 1.93. The van der Waals surface area contributed by atoms with Crippen LogP contribution in [0.5, 0.6) is 0 Å². The summed E-state index contributed by atoms with van der Waals surface area (Å²) in [6, 6.07) is 0. The van der Waals surface area contributed by atoms with Crippen molar-refractivity contribution in [3.05, 3.63) is 11.8 Å². The molecular formula is C13H25N3O. The normalized spacial score (nSPS) is 19.9. The Balaban J connectivity index is 2.03. The van der Waals surface area contributed by atoms with Crippen LogP contribution in [-0.4, -0.2) is 49.5 Å². The molecule has 1 heterocycles. The van der Waals surface area contributed by atoms with Crippen molar-refractivity contribution < 1.29 is 4.74 Å². The maximum absolute atomic E-state index is 7.42. The third-order valence-electron chi connectivity index (χ3n) is 3.31. The molecule has 0 saturated carbocycles. The van der Waals surface area contributed by atoms with Crippen molar-refractivity contribution in [1.82, 2.24) is 10.2 Å². The van der Waals surface area contributed by atoms with Crippen LogP contribution in [0.15, 0.2) is 11.8 Å². The zero-order valence-corrected chi connectivity index (χ0v) is 11.5. The lowest BCUT2D eigenvalue weighted by molar-refractivity contribution is -0.110. The van der Waals surface area contributed by atoms with Crippen LogP contribution in [0.3, 0.4) is 0 Å². The molecule has 0 aromatic carbocycles.